The summed E-state index contributed by atoms with van der Waals surface area (Å²) in [4.78, 5) is 12.2. The van der Waals surface area contributed by atoms with Crippen molar-refractivity contribution in [3.05, 3.63) is 29.8 Å². The standard InChI is InChI=1S/C14H20N2O2/c1-10-9-11(7-8-15-10)16-14(17)12-5-3-4-6-13(12)18-2/h3-6,10-11,15H,7-9H2,1-2H3,(H,16,17). The summed E-state index contributed by atoms with van der Waals surface area (Å²) in [5.41, 5.74) is 0.603. The lowest BCUT2D eigenvalue weighted by Crippen LogP contribution is -2.46. The Morgan fingerprint density at radius 2 is 2.22 bits per heavy atom. The summed E-state index contributed by atoms with van der Waals surface area (Å²) in [5, 5.41) is 6.45. The zero-order valence-electron chi connectivity index (χ0n) is 10.9. The van der Waals surface area contributed by atoms with E-state index in [0.717, 1.165) is 19.4 Å². The van der Waals surface area contributed by atoms with Crippen LogP contribution in [-0.2, 0) is 0 Å². The summed E-state index contributed by atoms with van der Waals surface area (Å²) in [7, 11) is 1.58. The molecule has 2 unspecified atom stereocenters. The molecule has 0 saturated carbocycles. The maximum Gasteiger partial charge on any atom is 0.255 e. The first-order valence-electron chi connectivity index (χ1n) is 6.38. The highest BCUT2D eigenvalue weighted by molar-refractivity contribution is 5.97. The normalized spacial score (nSPS) is 23.4. The van der Waals surface area contributed by atoms with Crippen molar-refractivity contribution in [3.63, 3.8) is 0 Å². The Labute approximate surface area is 108 Å². The van der Waals surface area contributed by atoms with E-state index in [1.165, 1.54) is 0 Å². The van der Waals surface area contributed by atoms with Gasteiger partial charge in [0, 0.05) is 12.1 Å². The molecule has 2 rings (SSSR count). The lowest BCUT2D eigenvalue weighted by Gasteiger charge is -2.28. The second kappa shape index (κ2) is 5.87. The average molecular weight is 248 g/mol. The number of nitrogens with one attached hydrogen (secondary N) is 2. The van der Waals surface area contributed by atoms with Gasteiger partial charge in [-0.3, -0.25) is 4.79 Å². The van der Waals surface area contributed by atoms with Crippen LogP contribution in [0, 0.1) is 0 Å². The van der Waals surface area contributed by atoms with E-state index in [1.54, 1.807) is 19.2 Å². The molecule has 18 heavy (non-hydrogen) atoms. The molecule has 1 aromatic rings. The number of hydrogen-bond donors (Lipinski definition) is 2. The van der Waals surface area contributed by atoms with Crippen LogP contribution in [0.4, 0.5) is 0 Å². The Kier molecular flexibility index (Phi) is 4.20. The fourth-order valence-electron chi connectivity index (χ4n) is 2.36. The minimum atomic E-state index is -0.0495. The van der Waals surface area contributed by atoms with Gasteiger partial charge in [-0.05, 0) is 38.4 Å². The number of hydrogen-bond acceptors (Lipinski definition) is 3. The Morgan fingerprint density at radius 3 is 2.94 bits per heavy atom. The maximum atomic E-state index is 12.2. The van der Waals surface area contributed by atoms with Crippen LogP contribution in [0.1, 0.15) is 30.1 Å². The van der Waals surface area contributed by atoms with Crippen LogP contribution >= 0.6 is 0 Å². The monoisotopic (exact) mass is 248 g/mol. The van der Waals surface area contributed by atoms with Crippen LogP contribution < -0.4 is 15.4 Å². The van der Waals surface area contributed by atoms with Crippen LogP contribution in [0.25, 0.3) is 0 Å². The molecule has 1 amide bonds. The Bertz CT molecular complexity index is 420. The van der Waals surface area contributed by atoms with E-state index in [2.05, 4.69) is 17.6 Å². The molecular weight excluding hydrogens is 228 g/mol. The topological polar surface area (TPSA) is 50.4 Å². The molecule has 0 aromatic heterocycles. The number of carbonyl (C=O) groups excluding carboxylic acids is 1. The molecule has 4 heteroatoms. The van der Waals surface area contributed by atoms with Crippen molar-refractivity contribution in [3.8, 4) is 5.75 Å². The van der Waals surface area contributed by atoms with Gasteiger partial charge in [-0.1, -0.05) is 12.1 Å². The highest BCUT2D eigenvalue weighted by Gasteiger charge is 2.21. The van der Waals surface area contributed by atoms with E-state index in [4.69, 9.17) is 4.74 Å². The molecule has 0 aliphatic carbocycles. The fourth-order valence-corrected chi connectivity index (χ4v) is 2.36. The van der Waals surface area contributed by atoms with Crippen molar-refractivity contribution in [2.24, 2.45) is 0 Å². The molecule has 1 heterocycles. The van der Waals surface area contributed by atoms with Gasteiger partial charge >= 0.3 is 0 Å². The number of para-hydroxylation sites is 1. The van der Waals surface area contributed by atoms with Crippen LogP contribution in [0.3, 0.4) is 0 Å². The number of piperidine rings is 1. The summed E-state index contributed by atoms with van der Waals surface area (Å²) in [6.07, 6.45) is 1.95. The second-order valence-electron chi connectivity index (χ2n) is 4.75. The first-order valence-corrected chi connectivity index (χ1v) is 6.38. The van der Waals surface area contributed by atoms with E-state index in [0.29, 0.717) is 17.4 Å². The van der Waals surface area contributed by atoms with Gasteiger partial charge in [0.1, 0.15) is 5.75 Å². The molecule has 0 bridgehead atoms. The Balaban J connectivity index is 2.03. The molecule has 1 aliphatic heterocycles. The summed E-state index contributed by atoms with van der Waals surface area (Å²) in [6, 6.07) is 8.02. The van der Waals surface area contributed by atoms with Gasteiger partial charge in [0.25, 0.3) is 5.91 Å². The zero-order valence-corrected chi connectivity index (χ0v) is 10.9. The quantitative estimate of drug-likeness (QED) is 0.853. The minimum Gasteiger partial charge on any atom is -0.496 e. The zero-order chi connectivity index (χ0) is 13.0. The molecule has 98 valence electrons. The molecule has 2 N–H and O–H groups in total. The second-order valence-corrected chi connectivity index (χ2v) is 4.75. The fraction of sp³-hybridized carbons (Fsp3) is 0.500. The highest BCUT2D eigenvalue weighted by Crippen LogP contribution is 2.18. The van der Waals surface area contributed by atoms with Gasteiger partial charge in [0.15, 0.2) is 0 Å². The maximum absolute atomic E-state index is 12.2. The minimum absolute atomic E-state index is 0.0495. The van der Waals surface area contributed by atoms with Crippen LogP contribution in [-0.4, -0.2) is 31.6 Å². The molecule has 1 aliphatic rings. The van der Waals surface area contributed by atoms with Crippen molar-refractivity contribution >= 4 is 5.91 Å². The summed E-state index contributed by atoms with van der Waals surface area (Å²) in [5.74, 6) is 0.573. The molecular formula is C14H20N2O2. The summed E-state index contributed by atoms with van der Waals surface area (Å²) in [6.45, 7) is 3.10. The number of rotatable bonds is 3. The molecule has 0 spiro atoms. The van der Waals surface area contributed by atoms with Gasteiger partial charge in [-0.2, -0.15) is 0 Å². The van der Waals surface area contributed by atoms with Gasteiger partial charge in [0.05, 0.1) is 12.7 Å². The Morgan fingerprint density at radius 1 is 1.44 bits per heavy atom. The van der Waals surface area contributed by atoms with Gasteiger partial charge in [-0.25, -0.2) is 0 Å². The van der Waals surface area contributed by atoms with E-state index in [-0.39, 0.29) is 11.9 Å². The van der Waals surface area contributed by atoms with Gasteiger partial charge in [-0.15, -0.1) is 0 Å². The Hall–Kier alpha value is -1.55. The first kappa shape index (κ1) is 12.9. The molecule has 1 aromatic carbocycles. The lowest BCUT2D eigenvalue weighted by atomic mass is 10.00. The van der Waals surface area contributed by atoms with Gasteiger partial charge < -0.3 is 15.4 Å². The largest absolute Gasteiger partial charge is 0.496 e. The summed E-state index contributed by atoms with van der Waals surface area (Å²) >= 11 is 0. The smallest absolute Gasteiger partial charge is 0.255 e. The molecule has 1 fully saturated rings. The predicted octanol–water partition coefficient (Wildman–Crippen LogP) is 1.57. The third-order valence-corrected chi connectivity index (χ3v) is 3.31. The predicted molar refractivity (Wildman–Crippen MR) is 70.9 cm³/mol. The molecule has 4 nitrogen and oxygen atoms in total. The number of ether oxygens (including phenoxy) is 1. The van der Waals surface area contributed by atoms with Crippen molar-refractivity contribution in [2.45, 2.75) is 31.8 Å². The number of carbonyl (C=O) groups is 1. The van der Waals surface area contributed by atoms with Gasteiger partial charge in [0.2, 0.25) is 0 Å². The van der Waals surface area contributed by atoms with Crippen LogP contribution in [0.15, 0.2) is 24.3 Å². The van der Waals surface area contributed by atoms with Crippen molar-refractivity contribution < 1.29 is 9.53 Å². The number of benzene rings is 1. The number of methoxy groups -OCH3 is 1. The molecule has 2 atom stereocenters. The number of amides is 1. The third kappa shape index (κ3) is 3.01. The van der Waals surface area contributed by atoms with E-state index in [9.17, 15) is 4.79 Å². The summed E-state index contributed by atoms with van der Waals surface area (Å²) < 4.78 is 5.20. The van der Waals surface area contributed by atoms with E-state index >= 15 is 0 Å². The van der Waals surface area contributed by atoms with Crippen molar-refractivity contribution in [2.75, 3.05) is 13.7 Å². The third-order valence-electron chi connectivity index (χ3n) is 3.31. The highest BCUT2D eigenvalue weighted by atomic mass is 16.5. The average Bonchev–Trinajstić information content (AvgIpc) is 2.38. The molecule has 1 saturated heterocycles. The lowest BCUT2D eigenvalue weighted by molar-refractivity contribution is 0.0922. The van der Waals surface area contributed by atoms with Crippen molar-refractivity contribution in [1.29, 1.82) is 0 Å². The van der Waals surface area contributed by atoms with Crippen molar-refractivity contribution in [1.82, 2.24) is 10.6 Å². The molecule has 0 radical (unpaired) electrons. The van der Waals surface area contributed by atoms with E-state index in [1.807, 2.05) is 12.1 Å². The van der Waals surface area contributed by atoms with Crippen LogP contribution in [0.2, 0.25) is 0 Å². The van der Waals surface area contributed by atoms with Crippen LogP contribution in [0.5, 0.6) is 5.75 Å². The SMILES string of the molecule is COc1ccccc1C(=O)NC1CCNC(C)C1. The first-order chi connectivity index (χ1) is 8.70. The van der Waals surface area contributed by atoms with E-state index < -0.39 is 0 Å².